The van der Waals surface area contributed by atoms with E-state index < -0.39 is 28.7 Å². The van der Waals surface area contributed by atoms with Gasteiger partial charge >= 0.3 is 0 Å². The summed E-state index contributed by atoms with van der Waals surface area (Å²) in [7, 11) is 0. The van der Waals surface area contributed by atoms with E-state index in [9.17, 15) is 25.5 Å². The van der Waals surface area contributed by atoms with E-state index in [1.165, 1.54) is 11.1 Å². The van der Waals surface area contributed by atoms with E-state index in [1.807, 2.05) is 0 Å². The second-order valence-electron chi connectivity index (χ2n) is 9.81. The summed E-state index contributed by atoms with van der Waals surface area (Å²) in [4.78, 5) is 4.33. The summed E-state index contributed by atoms with van der Waals surface area (Å²) < 4.78 is 0. The SMILES string of the molecule is CC1(C)c2cc3cnc(-c4c(O)c(O)c(O)c(O)c4O)cc3cc2C(C)(C)C1(C)C. The number of phenolic OH excluding ortho intramolecular Hbond substituents is 5. The van der Waals surface area contributed by atoms with Gasteiger partial charge < -0.3 is 25.5 Å². The van der Waals surface area contributed by atoms with Gasteiger partial charge in [-0.15, -0.1) is 0 Å². The standard InChI is InChI=1S/C24H27NO5/c1-22(2)13-7-11-9-15(16-17(26)19(28)21(30)20(29)18(16)27)25-10-12(11)8-14(13)23(3,4)24(22,5)6/h7-10,26-30H,1-6H3. The lowest BCUT2D eigenvalue weighted by Crippen LogP contribution is -2.42. The number of nitrogens with zero attached hydrogens (tertiary/aromatic N) is 1. The normalized spacial score (nSPS) is 18.5. The summed E-state index contributed by atoms with van der Waals surface area (Å²) in [5.74, 6) is -4.32. The van der Waals surface area contributed by atoms with Crippen LogP contribution in [0, 0.1) is 5.41 Å². The number of aromatic nitrogens is 1. The Labute approximate surface area is 175 Å². The molecule has 6 heteroatoms. The predicted molar refractivity (Wildman–Crippen MR) is 115 cm³/mol. The van der Waals surface area contributed by atoms with Gasteiger partial charge in [-0.3, -0.25) is 4.98 Å². The average molecular weight is 409 g/mol. The van der Waals surface area contributed by atoms with Crippen molar-refractivity contribution in [2.45, 2.75) is 52.4 Å². The molecule has 0 spiro atoms. The molecule has 6 nitrogen and oxygen atoms in total. The number of hydrogen-bond donors (Lipinski definition) is 5. The zero-order valence-corrected chi connectivity index (χ0v) is 18.0. The fourth-order valence-corrected chi connectivity index (χ4v) is 4.75. The summed E-state index contributed by atoms with van der Waals surface area (Å²) in [6, 6.07) is 5.94. The second-order valence-corrected chi connectivity index (χ2v) is 9.81. The molecule has 0 radical (unpaired) electrons. The van der Waals surface area contributed by atoms with E-state index in [2.05, 4.69) is 58.7 Å². The Morgan fingerprint density at radius 1 is 0.600 bits per heavy atom. The maximum Gasteiger partial charge on any atom is 0.208 e. The Morgan fingerprint density at radius 3 is 1.53 bits per heavy atom. The third-order valence-corrected chi connectivity index (χ3v) is 7.96. The Hall–Kier alpha value is -3.15. The molecule has 0 saturated carbocycles. The summed E-state index contributed by atoms with van der Waals surface area (Å²) in [6.45, 7) is 13.5. The fourth-order valence-electron chi connectivity index (χ4n) is 4.75. The molecular formula is C24H27NO5. The van der Waals surface area contributed by atoms with Crippen LogP contribution in [0.3, 0.4) is 0 Å². The van der Waals surface area contributed by atoms with E-state index in [0.29, 0.717) is 0 Å². The van der Waals surface area contributed by atoms with Gasteiger partial charge in [-0.05, 0) is 44.9 Å². The largest absolute Gasteiger partial charge is 0.504 e. The number of benzene rings is 2. The van der Waals surface area contributed by atoms with Crippen molar-refractivity contribution in [3.05, 3.63) is 35.5 Å². The maximum atomic E-state index is 10.3. The van der Waals surface area contributed by atoms with Crippen LogP contribution in [-0.2, 0) is 10.8 Å². The first-order valence-corrected chi connectivity index (χ1v) is 9.87. The van der Waals surface area contributed by atoms with Crippen LogP contribution in [0.2, 0.25) is 0 Å². The van der Waals surface area contributed by atoms with Crippen molar-refractivity contribution in [1.29, 1.82) is 0 Å². The monoisotopic (exact) mass is 409 g/mol. The van der Waals surface area contributed by atoms with Gasteiger partial charge in [-0.25, -0.2) is 0 Å². The fraction of sp³-hybridized carbons (Fsp3) is 0.375. The molecule has 0 fully saturated rings. The van der Waals surface area contributed by atoms with Gasteiger partial charge in [-0.2, -0.15) is 0 Å². The number of pyridine rings is 1. The van der Waals surface area contributed by atoms with Gasteiger partial charge in [0.25, 0.3) is 0 Å². The highest BCUT2D eigenvalue weighted by molar-refractivity contribution is 5.91. The van der Waals surface area contributed by atoms with Gasteiger partial charge in [0.15, 0.2) is 11.5 Å². The molecule has 30 heavy (non-hydrogen) atoms. The molecule has 0 aliphatic heterocycles. The number of hydrogen-bond acceptors (Lipinski definition) is 6. The van der Waals surface area contributed by atoms with Gasteiger partial charge in [0.2, 0.25) is 17.2 Å². The lowest BCUT2D eigenvalue weighted by Gasteiger charge is -2.44. The highest BCUT2D eigenvalue weighted by atomic mass is 16.4. The van der Waals surface area contributed by atoms with E-state index in [4.69, 9.17) is 0 Å². The molecule has 1 aliphatic rings. The topological polar surface area (TPSA) is 114 Å². The highest BCUT2D eigenvalue weighted by Crippen LogP contribution is 2.62. The predicted octanol–water partition coefficient (Wildman–Crippen LogP) is 5.02. The first-order chi connectivity index (χ1) is 13.7. The molecular weight excluding hydrogens is 382 g/mol. The zero-order chi connectivity index (χ0) is 22.4. The van der Waals surface area contributed by atoms with Crippen LogP contribution < -0.4 is 0 Å². The van der Waals surface area contributed by atoms with Gasteiger partial charge in [0.05, 0.1) is 11.3 Å². The van der Waals surface area contributed by atoms with Crippen LogP contribution in [0.5, 0.6) is 28.7 Å². The van der Waals surface area contributed by atoms with Crippen LogP contribution in [0.25, 0.3) is 22.0 Å². The van der Waals surface area contributed by atoms with Gasteiger partial charge in [-0.1, -0.05) is 47.6 Å². The molecule has 4 rings (SSSR count). The van der Waals surface area contributed by atoms with Crippen molar-refractivity contribution in [2.75, 3.05) is 0 Å². The molecule has 3 aromatic rings. The maximum absolute atomic E-state index is 10.3. The van der Waals surface area contributed by atoms with Crippen molar-refractivity contribution in [1.82, 2.24) is 4.98 Å². The number of rotatable bonds is 1. The van der Waals surface area contributed by atoms with Crippen LogP contribution >= 0.6 is 0 Å². The zero-order valence-electron chi connectivity index (χ0n) is 18.0. The third kappa shape index (κ3) is 2.22. The van der Waals surface area contributed by atoms with Crippen LogP contribution in [0.15, 0.2) is 24.4 Å². The molecule has 0 bridgehead atoms. The van der Waals surface area contributed by atoms with Crippen molar-refractivity contribution in [3.8, 4) is 40.0 Å². The van der Waals surface area contributed by atoms with Crippen LogP contribution in [0.1, 0.15) is 52.7 Å². The minimum absolute atomic E-state index is 0.00103. The average Bonchev–Trinajstić information content (AvgIpc) is 2.78. The Kier molecular flexibility index (Phi) is 3.84. The molecule has 0 unspecified atom stereocenters. The first kappa shape index (κ1) is 20.1. The van der Waals surface area contributed by atoms with Gasteiger partial charge in [0.1, 0.15) is 0 Å². The summed E-state index contributed by atoms with van der Waals surface area (Å²) >= 11 is 0. The molecule has 2 aromatic carbocycles. The van der Waals surface area contributed by atoms with Crippen molar-refractivity contribution >= 4 is 10.8 Å². The lowest BCUT2D eigenvalue weighted by atomic mass is 9.59. The van der Waals surface area contributed by atoms with Crippen LogP contribution in [-0.4, -0.2) is 30.5 Å². The van der Waals surface area contributed by atoms with E-state index in [0.717, 1.165) is 10.8 Å². The van der Waals surface area contributed by atoms with Crippen LogP contribution in [0.4, 0.5) is 0 Å². The minimum Gasteiger partial charge on any atom is -0.504 e. The Balaban J connectivity index is 2.00. The molecule has 1 aliphatic carbocycles. The number of fused-ring (bicyclic) bond motifs is 2. The summed E-state index contributed by atoms with van der Waals surface area (Å²) in [6.07, 6.45) is 1.64. The van der Waals surface area contributed by atoms with E-state index in [1.54, 1.807) is 12.3 Å². The van der Waals surface area contributed by atoms with E-state index >= 15 is 0 Å². The quantitative estimate of drug-likeness (QED) is 0.285. The molecule has 0 atom stereocenters. The molecule has 1 heterocycles. The molecule has 5 N–H and O–H groups in total. The first-order valence-electron chi connectivity index (χ1n) is 9.87. The number of phenols is 5. The van der Waals surface area contributed by atoms with Crippen molar-refractivity contribution < 1.29 is 25.5 Å². The van der Waals surface area contributed by atoms with Gasteiger partial charge in [0, 0.05) is 11.6 Å². The van der Waals surface area contributed by atoms with Crippen molar-refractivity contribution in [2.24, 2.45) is 5.41 Å². The summed E-state index contributed by atoms with van der Waals surface area (Å²) in [5.41, 5.74) is 2.27. The molecule has 1 aromatic heterocycles. The highest BCUT2D eigenvalue weighted by Gasteiger charge is 2.56. The molecule has 158 valence electrons. The Bertz CT molecular complexity index is 1200. The number of aromatic hydroxyl groups is 5. The Morgan fingerprint density at radius 2 is 1.03 bits per heavy atom. The minimum atomic E-state index is -0.987. The van der Waals surface area contributed by atoms with Crippen molar-refractivity contribution in [3.63, 3.8) is 0 Å². The third-order valence-electron chi connectivity index (χ3n) is 7.96. The smallest absolute Gasteiger partial charge is 0.208 e. The second kappa shape index (κ2) is 5.72. The molecule has 0 amide bonds. The lowest BCUT2D eigenvalue weighted by molar-refractivity contribution is 0.125. The molecule has 0 saturated heterocycles. The van der Waals surface area contributed by atoms with E-state index in [-0.39, 0.29) is 27.5 Å². The summed E-state index contributed by atoms with van der Waals surface area (Å²) in [5, 5.41) is 51.7.